The second-order valence-corrected chi connectivity index (χ2v) is 2.86. The zero-order valence-electron chi connectivity index (χ0n) is 8.30. The van der Waals surface area contributed by atoms with E-state index in [1.807, 2.05) is 0 Å². The van der Waals surface area contributed by atoms with Crippen LogP contribution >= 0.6 is 0 Å². The number of carbonyl (C=O) groups excluding carboxylic acids is 1. The second-order valence-electron chi connectivity index (χ2n) is 2.86. The van der Waals surface area contributed by atoms with Gasteiger partial charge in [-0.05, 0) is 6.07 Å². The molecule has 0 aromatic carbocycles. The highest BCUT2D eigenvalue weighted by Gasteiger charge is 2.10. The van der Waals surface area contributed by atoms with Gasteiger partial charge in [0.15, 0.2) is 0 Å². The van der Waals surface area contributed by atoms with Crippen LogP contribution in [0, 0.1) is 0 Å². The summed E-state index contributed by atoms with van der Waals surface area (Å²) in [5.74, 6) is 0.189. The van der Waals surface area contributed by atoms with Crippen LogP contribution in [0.25, 0.3) is 0 Å². The lowest BCUT2D eigenvalue weighted by Gasteiger charge is -2.09. The van der Waals surface area contributed by atoms with Crippen LogP contribution in [0.1, 0.15) is 0 Å². The van der Waals surface area contributed by atoms with Crippen LogP contribution in [0.15, 0.2) is 18.2 Å². The van der Waals surface area contributed by atoms with Crippen molar-refractivity contribution in [2.45, 2.75) is 6.10 Å². The third kappa shape index (κ3) is 3.43. The van der Waals surface area contributed by atoms with Gasteiger partial charge in [0.25, 0.3) is 0 Å². The van der Waals surface area contributed by atoms with Gasteiger partial charge in [-0.2, -0.15) is 4.98 Å². The van der Waals surface area contributed by atoms with E-state index in [4.69, 9.17) is 15.6 Å². The minimum Gasteiger partial charge on any atom is -0.481 e. The highest BCUT2D eigenvalue weighted by molar-refractivity contribution is 5.79. The van der Waals surface area contributed by atoms with E-state index in [-0.39, 0.29) is 6.54 Å². The smallest absolute Gasteiger partial charge is 0.248 e. The van der Waals surface area contributed by atoms with Crippen molar-refractivity contribution in [2.75, 3.05) is 19.0 Å². The van der Waals surface area contributed by atoms with Gasteiger partial charge in [0, 0.05) is 6.07 Å². The van der Waals surface area contributed by atoms with E-state index in [0.29, 0.717) is 11.7 Å². The van der Waals surface area contributed by atoms with E-state index in [1.54, 1.807) is 18.2 Å². The molecule has 1 unspecified atom stereocenters. The molecule has 6 nitrogen and oxygen atoms in total. The van der Waals surface area contributed by atoms with Crippen LogP contribution in [0.2, 0.25) is 0 Å². The lowest BCUT2D eigenvalue weighted by Crippen LogP contribution is -2.34. The monoisotopic (exact) mass is 211 g/mol. The first-order valence-electron chi connectivity index (χ1n) is 4.36. The molecule has 0 saturated carbocycles. The van der Waals surface area contributed by atoms with Crippen LogP contribution in [-0.4, -0.2) is 35.8 Å². The Balaban J connectivity index is 2.53. The van der Waals surface area contributed by atoms with Crippen molar-refractivity contribution >= 4 is 11.7 Å². The molecule has 0 saturated heterocycles. The summed E-state index contributed by atoms with van der Waals surface area (Å²) in [7, 11) is 1.50. The number of hydrogen-bond acceptors (Lipinski definition) is 5. The first kappa shape index (κ1) is 11.3. The zero-order chi connectivity index (χ0) is 11.3. The van der Waals surface area contributed by atoms with Crippen molar-refractivity contribution in [3.05, 3.63) is 18.2 Å². The van der Waals surface area contributed by atoms with E-state index < -0.39 is 12.0 Å². The third-order valence-electron chi connectivity index (χ3n) is 1.74. The van der Waals surface area contributed by atoms with Crippen molar-refractivity contribution in [1.82, 2.24) is 4.98 Å². The molecule has 1 amide bonds. The maximum atomic E-state index is 10.5. The van der Waals surface area contributed by atoms with Gasteiger partial charge in [0.05, 0.1) is 13.7 Å². The van der Waals surface area contributed by atoms with Crippen molar-refractivity contribution in [2.24, 2.45) is 5.73 Å². The van der Waals surface area contributed by atoms with Gasteiger partial charge in [-0.15, -0.1) is 0 Å². The van der Waals surface area contributed by atoms with Crippen LogP contribution in [-0.2, 0) is 4.79 Å². The summed E-state index contributed by atoms with van der Waals surface area (Å²) in [5, 5.41) is 11.9. The van der Waals surface area contributed by atoms with Gasteiger partial charge < -0.3 is 20.9 Å². The largest absolute Gasteiger partial charge is 0.481 e. The first-order valence-corrected chi connectivity index (χ1v) is 4.36. The summed E-state index contributed by atoms with van der Waals surface area (Å²) in [4.78, 5) is 14.6. The molecule has 1 rings (SSSR count). The summed E-state index contributed by atoms with van der Waals surface area (Å²) in [5.41, 5.74) is 4.88. The highest BCUT2D eigenvalue weighted by atomic mass is 16.5. The molecule has 4 N–H and O–H groups in total. The number of rotatable bonds is 5. The van der Waals surface area contributed by atoms with E-state index >= 15 is 0 Å². The minimum atomic E-state index is -1.22. The molecule has 0 aliphatic carbocycles. The summed E-state index contributed by atoms with van der Waals surface area (Å²) in [6.07, 6.45) is -1.22. The predicted molar refractivity (Wildman–Crippen MR) is 54.5 cm³/mol. The number of nitrogens with zero attached hydrogens (tertiary/aromatic N) is 1. The lowest BCUT2D eigenvalue weighted by atomic mass is 10.3. The Bertz CT molecular complexity index is 343. The molecular formula is C9H13N3O3. The minimum absolute atomic E-state index is 0.0233. The van der Waals surface area contributed by atoms with Gasteiger partial charge in [-0.3, -0.25) is 4.79 Å². The van der Waals surface area contributed by atoms with Gasteiger partial charge in [0.2, 0.25) is 11.8 Å². The number of aromatic nitrogens is 1. The Morgan fingerprint density at radius 2 is 2.47 bits per heavy atom. The molecule has 82 valence electrons. The Morgan fingerprint density at radius 1 is 1.73 bits per heavy atom. The normalized spacial score (nSPS) is 11.9. The molecule has 1 atom stereocenters. The number of hydrogen-bond donors (Lipinski definition) is 3. The average molecular weight is 211 g/mol. The summed E-state index contributed by atoms with van der Waals surface area (Å²) in [6.45, 7) is 0.0233. The van der Waals surface area contributed by atoms with Gasteiger partial charge in [-0.25, -0.2) is 0 Å². The number of carbonyl (C=O) groups is 1. The number of nitrogens with one attached hydrogen (secondary N) is 1. The van der Waals surface area contributed by atoms with Crippen LogP contribution in [0.3, 0.4) is 0 Å². The zero-order valence-corrected chi connectivity index (χ0v) is 8.30. The number of aliphatic hydroxyl groups is 1. The number of pyridine rings is 1. The van der Waals surface area contributed by atoms with Gasteiger partial charge >= 0.3 is 0 Å². The number of methoxy groups -OCH3 is 1. The fourth-order valence-electron chi connectivity index (χ4n) is 0.929. The SMILES string of the molecule is COc1cccc(NCC(O)C(N)=O)n1. The number of anilines is 1. The fraction of sp³-hybridized carbons (Fsp3) is 0.333. The standard InChI is InChI=1S/C9H13N3O3/c1-15-8-4-2-3-7(12-8)11-5-6(13)9(10)14/h2-4,6,13H,5H2,1H3,(H2,10,14)(H,11,12). The van der Waals surface area contributed by atoms with E-state index in [0.717, 1.165) is 0 Å². The molecule has 6 heteroatoms. The Labute approximate surface area is 87.1 Å². The highest BCUT2D eigenvalue weighted by Crippen LogP contribution is 2.10. The number of ether oxygens (including phenoxy) is 1. The average Bonchev–Trinajstić information content (AvgIpc) is 2.26. The first-order chi connectivity index (χ1) is 7.13. The van der Waals surface area contributed by atoms with E-state index in [9.17, 15) is 4.79 Å². The molecule has 0 fully saturated rings. The summed E-state index contributed by atoms with van der Waals surface area (Å²) in [6, 6.07) is 5.12. The second kappa shape index (κ2) is 5.16. The topological polar surface area (TPSA) is 97.5 Å². The molecule has 0 radical (unpaired) electrons. The number of primary amides is 1. The maximum absolute atomic E-state index is 10.5. The Kier molecular flexibility index (Phi) is 3.87. The fourth-order valence-corrected chi connectivity index (χ4v) is 0.929. The van der Waals surface area contributed by atoms with Gasteiger partial charge in [-0.1, -0.05) is 6.07 Å². The number of amides is 1. The number of aliphatic hydroxyl groups excluding tert-OH is 1. The van der Waals surface area contributed by atoms with Crippen molar-refractivity contribution in [3.63, 3.8) is 0 Å². The van der Waals surface area contributed by atoms with Gasteiger partial charge in [0.1, 0.15) is 11.9 Å². The van der Waals surface area contributed by atoms with Crippen molar-refractivity contribution < 1.29 is 14.6 Å². The molecule has 0 bridgehead atoms. The van der Waals surface area contributed by atoms with Crippen molar-refractivity contribution in [3.8, 4) is 5.88 Å². The Morgan fingerprint density at radius 3 is 3.07 bits per heavy atom. The number of nitrogens with two attached hydrogens (primary N) is 1. The van der Waals surface area contributed by atoms with Crippen molar-refractivity contribution in [1.29, 1.82) is 0 Å². The molecule has 1 aromatic heterocycles. The molecule has 1 heterocycles. The summed E-state index contributed by atoms with van der Waals surface area (Å²) < 4.78 is 4.90. The maximum Gasteiger partial charge on any atom is 0.248 e. The lowest BCUT2D eigenvalue weighted by molar-refractivity contribution is -0.125. The summed E-state index contributed by atoms with van der Waals surface area (Å²) >= 11 is 0. The quantitative estimate of drug-likeness (QED) is 0.601. The van der Waals surface area contributed by atoms with E-state index in [1.165, 1.54) is 7.11 Å². The molecule has 0 aliphatic rings. The molecule has 1 aromatic rings. The molecule has 0 aliphatic heterocycles. The van der Waals surface area contributed by atoms with Crippen LogP contribution in [0.5, 0.6) is 5.88 Å². The predicted octanol–water partition coefficient (Wildman–Crippen LogP) is -0.652. The van der Waals surface area contributed by atoms with Crippen LogP contribution in [0.4, 0.5) is 5.82 Å². The van der Waals surface area contributed by atoms with E-state index in [2.05, 4.69) is 10.3 Å². The third-order valence-corrected chi connectivity index (χ3v) is 1.74. The van der Waals surface area contributed by atoms with Crippen LogP contribution < -0.4 is 15.8 Å². The molecular weight excluding hydrogens is 198 g/mol. The molecule has 15 heavy (non-hydrogen) atoms. The Hall–Kier alpha value is -1.82. The molecule has 0 spiro atoms.